The molecular weight excluding hydrogens is 312 g/mol. The van der Waals surface area contributed by atoms with Crippen LogP contribution in [0.15, 0.2) is 83.9 Å². The third kappa shape index (κ3) is 4.72. The number of aliphatic imine (C=N–C) groups is 1. The van der Waals surface area contributed by atoms with Crippen LogP contribution in [0.3, 0.4) is 0 Å². The predicted octanol–water partition coefficient (Wildman–Crippen LogP) is 5.52. The fraction of sp³-hybridized carbons (Fsp3) is 0. The van der Waals surface area contributed by atoms with Crippen LogP contribution >= 0.6 is 0 Å². The van der Waals surface area contributed by atoms with Crippen molar-refractivity contribution in [2.75, 3.05) is 0 Å². The van der Waals surface area contributed by atoms with Crippen molar-refractivity contribution in [1.82, 2.24) is 0 Å². The van der Waals surface area contributed by atoms with Crippen LogP contribution < -0.4 is 0 Å². The number of nitrogens with zero attached hydrogens (tertiary/aromatic N) is 2. The lowest BCUT2D eigenvalue weighted by Crippen LogP contribution is -1.88. The van der Waals surface area contributed by atoms with Crippen LogP contribution in [0, 0.1) is 10.1 Å². The molecule has 122 valence electrons. The Kier molecular flexibility index (Phi) is 5.12. The number of benzene rings is 3. The first-order valence-electron chi connectivity index (χ1n) is 7.82. The van der Waals surface area contributed by atoms with Crippen molar-refractivity contribution in [3.05, 3.63) is 106 Å². The van der Waals surface area contributed by atoms with Crippen molar-refractivity contribution in [2.24, 2.45) is 4.99 Å². The molecule has 0 saturated heterocycles. The van der Waals surface area contributed by atoms with Crippen molar-refractivity contribution in [1.29, 1.82) is 0 Å². The lowest BCUT2D eigenvalue weighted by atomic mass is 10.1. The van der Waals surface area contributed by atoms with Crippen LogP contribution in [0.25, 0.3) is 12.2 Å². The highest BCUT2D eigenvalue weighted by atomic mass is 16.6. The molecule has 0 unspecified atom stereocenters. The molecule has 0 radical (unpaired) electrons. The summed E-state index contributed by atoms with van der Waals surface area (Å²) in [5, 5.41) is 10.6. The first-order valence-corrected chi connectivity index (χ1v) is 7.82. The summed E-state index contributed by atoms with van der Waals surface area (Å²) in [7, 11) is 0. The minimum absolute atomic E-state index is 0.0757. The monoisotopic (exact) mass is 328 g/mol. The molecule has 0 fully saturated rings. The van der Waals surface area contributed by atoms with Crippen LogP contribution in [-0.2, 0) is 0 Å². The van der Waals surface area contributed by atoms with E-state index < -0.39 is 4.92 Å². The largest absolute Gasteiger partial charge is 0.269 e. The van der Waals surface area contributed by atoms with E-state index in [4.69, 9.17) is 0 Å². The van der Waals surface area contributed by atoms with Crippen LogP contribution in [0.1, 0.15) is 16.7 Å². The summed E-state index contributed by atoms with van der Waals surface area (Å²) in [6, 6.07) is 24.3. The standard InChI is InChI=1S/C21H16N2O2/c24-23(25)21-14-10-19(11-15-21)16-22-20-12-8-18(9-13-20)7-6-17-4-2-1-3-5-17/h1-16H/b7-6+,22-16?. The molecule has 0 spiro atoms. The van der Waals surface area contributed by atoms with Crippen LogP contribution in [-0.4, -0.2) is 11.1 Å². The smallest absolute Gasteiger partial charge is 0.258 e. The van der Waals surface area contributed by atoms with Crippen molar-refractivity contribution in [3.63, 3.8) is 0 Å². The maximum absolute atomic E-state index is 10.6. The number of nitro groups is 1. The van der Waals surface area contributed by atoms with Gasteiger partial charge < -0.3 is 0 Å². The molecule has 3 aromatic carbocycles. The average Bonchev–Trinajstić information content (AvgIpc) is 2.67. The van der Waals surface area contributed by atoms with E-state index in [9.17, 15) is 10.1 Å². The normalized spacial score (nSPS) is 11.2. The zero-order valence-corrected chi connectivity index (χ0v) is 13.4. The van der Waals surface area contributed by atoms with Gasteiger partial charge in [-0.25, -0.2) is 0 Å². The van der Waals surface area contributed by atoms with Gasteiger partial charge >= 0.3 is 0 Å². The van der Waals surface area contributed by atoms with Gasteiger partial charge in [-0.1, -0.05) is 54.6 Å². The summed E-state index contributed by atoms with van der Waals surface area (Å²) in [5.41, 5.74) is 3.97. The van der Waals surface area contributed by atoms with Crippen molar-refractivity contribution < 1.29 is 4.92 Å². The molecule has 0 heterocycles. The second-order valence-electron chi connectivity index (χ2n) is 5.44. The van der Waals surface area contributed by atoms with Crippen molar-refractivity contribution in [2.45, 2.75) is 0 Å². The highest BCUT2D eigenvalue weighted by Crippen LogP contribution is 2.16. The van der Waals surface area contributed by atoms with E-state index >= 15 is 0 Å². The predicted molar refractivity (Wildman–Crippen MR) is 102 cm³/mol. The number of rotatable bonds is 5. The molecule has 0 atom stereocenters. The summed E-state index contributed by atoms with van der Waals surface area (Å²) < 4.78 is 0. The molecule has 0 aromatic heterocycles. The van der Waals surface area contributed by atoms with Crippen molar-refractivity contribution in [3.8, 4) is 0 Å². The first kappa shape index (κ1) is 16.3. The molecule has 0 aliphatic heterocycles. The fourth-order valence-corrected chi connectivity index (χ4v) is 2.26. The van der Waals surface area contributed by atoms with Gasteiger partial charge in [-0.05, 0) is 41.0 Å². The lowest BCUT2D eigenvalue weighted by molar-refractivity contribution is -0.384. The highest BCUT2D eigenvalue weighted by molar-refractivity contribution is 5.82. The zero-order chi connectivity index (χ0) is 17.5. The molecule has 4 nitrogen and oxygen atoms in total. The number of non-ortho nitro benzene ring substituents is 1. The summed E-state index contributed by atoms with van der Waals surface area (Å²) in [4.78, 5) is 14.6. The number of hydrogen-bond donors (Lipinski definition) is 0. The highest BCUT2D eigenvalue weighted by Gasteiger charge is 2.02. The Hall–Kier alpha value is -3.53. The van der Waals surface area contributed by atoms with Gasteiger partial charge in [0.15, 0.2) is 0 Å². The molecule has 0 aliphatic carbocycles. The molecule has 0 aliphatic rings. The van der Waals surface area contributed by atoms with Gasteiger partial charge in [-0.2, -0.15) is 0 Å². The Morgan fingerprint density at radius 1 is 0.720 bits per heavy atom. The summed E-state index contributed by atoms with van der Waals surface area (Å²) >= 11 is 0. The molecule has 0 amide bonds. The maximum atomic E-state index is 10.6. The topological polar surface area (TPSA) is 55.5 Å². The second kappa shape index (κ2) is 7.84. The van der Waals surface area contributed by atoms with Gasteiger partial charge in [0.25, 0.3) is 5.69 Å². The second-order valence-corrected chi connectivity index (χ2v) is 5.44. The molecule has 3 aromatic rings. The number of nitro benzene ring substituents is 1. The summed E-state index contributed by atoms with van der Waals surface area (Å²) in [5.74, 6) is 0. The van der Waals surface area contributed by atoms with Gasteiger partial charge in [-0.15, -0.1) is 0 Å². The van der Waals surface area contributed by atoms with Gasteiger partial charge in [-0.3, -0.25) is 15.1 Å². The van der Waals surface area contributed by atoms with E-state index in [1.165, 1.54) is 12.1 Å². The minimum Gasteiger partial charge on any atom is -0.258 e. The molecule has 25 heavy (non-hydrogen) atoms. The summed E-state index contributed by atoms with van der Waals surface area (Å²) in [6.45, 7) is 0. The Morgan fingerprint density at radius 3 is 1.88 bits per heavy atom. The van der Waals surface area contributed by atoms with Gasteiger partial charge in [0.2, 0.25) is 0 Å². The van der Waals surface area contributed by atoms with Crippen LogP contribution in [0.5, 0.6) is 0 Å². The van der Waals surface area contributed by atoms with Gasteiger partial charge in [0.1, 0.15) is 0 Å². The van der Waals surface area contributed by atoms with Gasteiger partial charge in [0, 0.05) is 18.3 Å². The average molecular weight is 328 g/mol. The van der Waals surface area contributed by atoms with E-state index in [1.54, 1.807) is 18.3 Å². The fourth-order valence-electron chi connectivity index (χ4n) is 2.26. The first-order chi connectivity index (χ1) is 12.2. The van der Waals surface area contributed by atoms with E-state index in [2.05, 4.69) is 29.3 Å². The van der Waals surface area contributed by atoms with Gasteiger partial charge in [0.05, 0.1) is 10.6 Å². The lowest BCUT2D eigenvalue weighted by Gasteiger charge is -1.97. The van der Waals surface area contributed by atoms with Crippen LogP contribution in [0.2, 0.25) is 0 Å². The quantitative estimate of drug-likeness (QED) is 0.268. The molecule has 0 bridgehead atoms. The molecule has 0 saturated carbocycles. The Labute approximate surface area is 145 Å². The SMILES string of the molecule is O=[N+]([O-])c1ccc(C=Nc2ccc(/C=C/c3ccccc3)cc2)cc1. The Bertz CT molecular complexity index is 897. The summed E-state index contributed by atoms with van der Waals surface area (Å²) in [6.07, 6.45) is 5.81. The molecule has 4 heteroatoms. The molecular formula is C21H16N2O2. The van der Waals surface area contributed by atoms with E-state index in [0.717, 1.165) is 22.4 Å². The number of hydrogen-bond acceptors (Lipinski definition) is 3. The van der Waals surface area contributed by atoms with Crippen LogP contribution in [0.4, 0.5) is 11.4 Å². The third-order valence-electron chi connectivity index (χ3n) is 3.63. The Morgan fingerprint density at radius 2 is 1.28 bits per heavy atom. The van der Waals surface area contributed by atoms with Crippen molar-refractivity contribution >= 4 is 29.7 Å². The van der Waals surface area contributed by atoms with E-state index in [1.807, 2.05) is 42.5 Å². The van der Waals surface area contributed by atoms with E-state index in [-0.39, 0.29) is 5.69 Å². The molecule has 3 rings (SSSR count). The molecule has 0 N–H and O–H groups in total. The van der Waals surface area contributed by atoms with E-state index in [0.29, 0.717) is 0 Å². The third-order valence-corrected chi connectivity index (χ3v) is 3.63. The zero-order valence-electron chi connectivity index (χ0n) is 13.4. The maximum Gasteiger partial charge on any atom is 0.269 e. The minimum atomic E-state index is -0.414. The Balaban J connectivity index is 1.66.